The van der Waals surface area contributed by atoms with Crippen molar-refractivity contribution in [3.8, 4) is 16.3 Å². The Morgan fingerprint density at radius 3 is 2.52 bits per heavy atom. The summed E-state index contributed by atoms with van der Waals surface area (Å²) in [5.74, 6) is 0.696. The van der Waals surface area contributed by atoms with Crippen LogP contribution in [0, 0.1) is 0 Å². The Bertz CT molecular complexity index is 591. The Hall–Kier alpha value is -1.34. The van der Waals surface area contributed by atoms with E-state index in [2.05, 4.69) is 15.6 Å². The first-order valence-corrected chi connectivity index (χ1v) is 7.74. The number of likely N-dealkylation sites (N-methyl/N-ethyl adjacent to an activating group) is 1. The van der Waals surface area contributed by atoms with Gasteiger partial charge in [-0.3, -0.25) is 4.79 Å². The van der Waals surface area contributed by atoms with E-state index in [1.54, 1.807) is 5.38 Å². The van der Waals surface area contributed by atoms with Crippen molar-refractivity contribution < 1.29 is 9.53 Å². The Morgan fingerprint density at radius 1 is 1.22 bits per heavy atom. The Morgan fingerprint density at radius 2 is 1.91 bits per heavy atom. The molecular weight excluding hydrogens is 357 g/mol. The van der Waals surface area contributed by atoms with Gasteiger partial charge in [0.05, 0.1) is 6.61 Å². The van der Waals surface area contributed by atoms with Gasteiger partial charge in [0.25, 0.3) is 5.91 Å². The largest absolute Gasteiger partial charge is 0.494 e. The van der Waals surface area contributed by atoms with E-state index in [0.29, 0.717) is 18.8 Å². The third kappa shape index (κ3) is 6.35. The lowest BCUT2D eigenvalue weighted by molar-refractivity contribution is 0.0950. The molecule has 0 saturated heterocycles. The van der Waals surface area contributed by atoms with Gasteiger partial charge in [-0.15, -0.1) is 36.2 Å². The third-order valence-electron chi connectivity index (χ3n) is 2.81. The molecule has 1 aromatic heterocycles. The highest BCUT2D eigenvalue weighted by molar-refractivity contribution is 7.13. The zero-order chi connectivity index (χ0) is 15.1. The zero-order valence-corrected chi connectivity index (χ0v) is 15.4. The van der Waals surface area contributed by atoms with Crippen LogP contribution in [-0.4, -0.2) is 37.6 Å². The van der Waals surface area contributed by atoms with Crippen molar-refractivity contribution in [2.24, 2.45) is 0 Å². The molecule has 23 heavy (non-hydrogen) atoms. The van der Waals surface area contributed by atoms with Crippen LogP contribution in [0.2, 0.25) is 0 Å². The smallest absolute Gasteiger partial charge is 0.270 e. The van der Waals surface area contributed by atoms with Crippen molar-refractivity contribution in [1.29, 1.82) is 0 Å². The van der Waals surface area contributed by atoms with E-state index in [0.717, 1.165) is 22.9 Å². The van der Waals surface area contributed by atoms with Gasteiger partial charge >= 0.3 is 0 Å². The molecule has 128 valence electrons. The predicted octanol–water partition coefficient (Wildman–Crippen LogP) is 3.00. The van der Waals surface area contributed by atoms with Crippen molar-refractivity contribution in [3.05, 3.63) is 35.3 Å². The van der Waals surface area contributed by atoms with E-state index < -0.39 is 0 Å². The molecule has 2 rings (SSSR count). The summed E-state index contributed by atoms with van der Waals surface area (Å²) >= 11 is 1.46. The number of amides is 1. The molecule has 1 heterocycles. The van der Waals surface area contributed by atoms with E-state index in [4.69, 9.17) is 4.74 Å². The van der Waals surface area contributed by atoms with Crippen LogP contribution in [0.4, 0.5) is 0 Å². The highest BCUT2D eigenvalue weighted by atomic mass is 35.5. The molecule has 1 aromatic carbocycles. The van der Waals surface area contributed by atoms with Crippen LogP contribution < -0.4 is 15.4 Å². The second-order valence-corrected chi connectivity index (χ2v) is 5.21. The van der Waals surface area contributed by atoms with E-state index in [9.17, 15) is 4.79 Å². The Balaban J connectivity index is 0.00000242. The van der Waals surface area contributed by atoms with Gasteiger partial charge in [0, 0.05) is 24.0 Å². The molecule has 0 aliphatic rings. The molecule has 0 fully saturated rings. The SMILES string of the molecule is CCOc1ccc(-c2nc(C(=O)NCCNC)cs2)cc1.Cl.Cl. The molecule has 0 saturated carbocycles. The number of thiazole rings is 1. The molecule has 1 amide bonds. The fourth-order valence-corrected chi connectivity index (χ4v) is 2.57. The topological polar surface area (TPSA) is 63.2 Å². The Kier molecular flexibility index (Phi) is 10.6. The number of nitrogens with zero attached hydrogens (tertiary/aromatic N) is 1. The second kappa shape index (κ2) is 11.2. The van der Waals surface area contributed by atoms with Gasteiger partial charge in [-0.2, -0.15) is 0 Å². The second-order valence-electron chi connectivity index (χ2n) is 4.35. The predicted molar refractivity (Wildman–Crippen MR) is 99.5 cm³/mol. The average molecular weight is 378 g/mol. The third-order valence-corrected chi connectivity index (χ3v) is 3.70. The first kappa shape index (κ1) is 21.7. The summed E-state index contributed by atoms with van der Waals surface area (Å²) in [4.78, 5) is 16.3. The van der Waals surface area contributed by atoms with Gasteiger partial charge in [-0.25, -0.2) is 4.98 Å². The van der Waals surface area contributed by atoms with E-state index >= 15 is 0 Å². The molecule has 0 spiro atoms. The van der Waals surface area contributed by atoms with Crippen LogP contribution in [0.25, 0.3) is 10.6 Å². The van der Waals surface area contributed by atoms with E-state index in [-0.39, 0.29) is 30.7 Å². The van der Waals surface area contributed by atoms with Gasteiger partial charge in [0.15, 0.2) is 0 Å². The molecule has 0 radical (unpaired) electrons. The number of hydrogen-bond donors (Lipinski definition) is 2. The number of aromatic nitrogens is 1. The van der Waals surface area contributed by atoms with Gasteiger partial charge < -0.3 is 15.4 Å². The van der Waals surface area contributed by atoms with Crippen LogP contribution in [0.3, 0.4) is 0 Å². The molecule has 0 aliphatic heterocycles. The summed E-state index contributed by atoms with van der Waals surface area (Å²) in [6.07, 6.45) is 0. The number of halogens is 2. The normalized spacial score (nSPS) is 9.48. The standard InChI is InChI=1S/C15H19N3O2S.2ClH/c1-3-20-12-6-4-11(5-7-12)15-18-13(10-21-15)14(19)17-9-8-16-2;;/h4-7,10,16H,3,8-9H2,1-2H3,(H,17,19);2*1H. The maximum absolute atomic E-state index is 11.9. The summed E-state index contributed by atoms with van der Waals surface area (Å²) in [6, 6.07) is 7.72. The molecule has 0 unspecified atom stereocenters. The number of hydrogen-bond acceptors (Lipinski definition) is 5. The molecule has 5 nitrogen and oxygen atoms in total. The number of nitrogens with one attached hydrogen (secondary N) is 2. The minimum absolute atomic E-state index is 0. The fraction of sp³-hybridized carbons (Fsp3) is 0.333. The number of carbonyl (C=O) groups is 1. The summed E-state index contributed by atoms with van der Waals surface area (Å²) in [7, 11) is 1.85. The lowest BCUT2D eigenvalue weighted by Crippen LogP contribution is -2.30. The zero-order valence-electron chi connectivity index (χ0n) is 13.0. The fourth-order valence-electron chi connectivity index (χ4n) is 1.76. The molecule has 0 bridgehead atoms. The van der Waals surface area contributed by atoms with E-state index in [1.165, 1.54) is 11.3 Å². The average Bonchev–Trinajstić information content (AvgIpc) is 2.98. The van der Waals surface area contributed by atoms with Crippen molar-refractivity contribution >= 4 is 42.1 Å². The number of carbonyl (C=O) groups excluding carboxylic acids is 1. The van der Waals surface area contributed by atoms with Crippen molar-refractivity contribution in [3.63, 3.8) is 0 Å². The number of ether oxygens (including phenoxy) is 1. The molecule has 2 N–H and O–H groups in total. The minimum atomic E-state index is -0.140. The molecule has 0 atom stereocenters. The first-order chi connectivity index (χ1) is 10.2. The maximum atomic E-state index is 11.9. The van der Waals surface area contributed by atoms with Crippen LogP contribution in [-0.2, 0) is 0 Å². The molecule has 0 aliphatic carbocycles. The summed E-state index contributed by atoms with van der Waals surface area (Å²) in [5.41, 5.74) is 1.44. The summed E-state index contributed by atoms with van der Waals surface area (Å²) in [6.45, 7) is 3.92. The lowest BCUT2D eigenvalue weighted by Gasteiger charge is -2.03. The quantitative estimate of drug-likeness (QED) is 0.727. The molecule has 8 heteroatoms. The highest BCUT2D eigenvalue weighted by Gasteiger charge is 2.11. The maximum Gasteiger partial charge on any atom is 0.270 e. The highest BCUT2D eigenvalue weighted by Crippen LogP contribution is 2.25. The van der Waals surface area contributed by atoms with Crippen LogP contribution in [0.15, 0.2) is 29.6 Å². The van der Waals surface area contributed by atoms with Crippen molar-refractivity contribution in [2.75, 3.05) is 26.7 Å². The molecular formula is C15H21Cl2N3O2S. The molecule has 2 aromatic rings. The van der Waals surface area contributed by atoms with Crippen LogP contribution >= 0.6 is 36.2 Å². The van der Waals surface area contributed by atoms with Crippen molar-refractivity contribution in [1.82, 2.24) is 15.6 Å². The van der Waals surface area contributed by atoms with Crippen LogP contribution in [0.5, 0.6) is 5.75 Å². The first-order valence-electron chi connectivity index (χ1n) is 6.86. The number of rotatable bonds is 7. The lowest BCUT2D eigenvalue weighted by atomic mass is 10.2. The van der Waals surface area contributed by atoms with Crippen LogP contribution in [0.1, 0.15) is 17.4 Å². The monoisotopic (exact) mass is 377 g/mol. The summed E-state index contributed by atoms with van der Waals surface area (Å²) < 4.78 is 5.41. The van der Waals surface area contributed by atoms with E-state index in [1.807, 2.05) is 38.2 Å². The van der Waals surface area contributed by atoms with Gasteiger partial charge in [0.2, 0.25) is 0 Å². The minimum Gasteiger partial charge on any atom is -0.494 e. The Labute approximate surface area is 152 Å². The van der Waals surface area contributed by atoms with Gasteiger partial charge in [0.1, 0.15) is 16.5 Å². The van der Waals surface area contributed by atoms with Gasteiger partial charge in [-0.1, -0.05) is 0 Å². The summed E-state index contributed by atoms with van der Waals surface area (Å²) in [5, 5.41) is 8.40. The van der Waals surface area contributed by atoms with Crippen molar-refractivity contribution in [2.45, 2.75) is 6.92 Å². The van der Waals surface area contributed by atoms with Gasteiger partial charge in [-0.05, 0) is 38.2 Å². The number of benzene rings is 1.